The highest BCUT2D eigenvalue weighted by molar-refractivity contribution is 6.45. The maximum absolute atomic E-state index is 13.7. The lowest BCUT2D eigenvalue weighted by Crippen LogP contribution is -2.43. The van der Waals surface area contributed by atoms with Crippen molar-refractivity contribution in [2.75, 3.05) is 38.7 Å². The van der Waals surface area contributed by atoms with Crippen LogP contribution in [0.15, 0.2) is 54.2 Å². The molecule has 1 saturated heterocycles. The van der Waals surface area contributed by atoms with E-state index in [2.05, 4.69) is 11.9 Å². The molecule has 0 aromatic heterocycles. The molecule has 1 fully saturated rings. The topological polar surface area (TPSA) is 53.1 Å². The Bertz CT molecular complexity index is 1040. The van der Waals surface area contributed by atoms with Crippen molar-refractivity contribution in [1.82, 2.24) is 9.80 Å². The zero-order valence-corrected chi connectivity index (χ0v) is 19.3. The van der Waals surface area contributed by atoms with Crippen molar-refractivity contribution in [2.45, 2.75) is 32.7 Å². The number of carbonyl (C=O) groups excluding carboxylic acids is 2. The largest absolute Gasteiger partial charge is 0.494 e. The third-order valence-electron chi connectivity index (χ3n) is 6.46. The second kappa shape index (κ2) is 9.17. The number of rotatable bonds is 6. The minimum Gasteiger partial charge on any atom is -0.494 e. The number of aryl methyl sites for hydroxylation is 1. The molecule has 0 aliphatic carbocycles. The molecule has 32 heavy (non-hydrogen) atoms. The van der Waals surface area contributed by atoms with Crippen molar-refractivity contribution in [2.24, 2.45) is 0 Å². The summed E-state index contributed by atoms with van der Waals surface area (Å²) < 4.78 is 5.56. The molecule has 0 saturated carbocycles. The summed E-state index contributed by atoms with van der Waals surface area (Å²) in [6.45, 7) is 6.38. The Hall–Kier alpha value is -3.12. The molecule has 0 bridgehead atoms. The number of hydrogen-bond acceptors (Lipinski definition) is 5. The Kier molecular flexibility index (Phi) is 6.33. The molecule has 2 aliphatic rings. The van der Waals surface area contributed by atoms with Gasteiger partial charge in [0.05, 0.1) is 17.9 Å². The SMILES string of the molecule is CCOc1ccc(C2=C(N(C)C3CCN(C)CC3)C(=O)N(c3ccccc3C)C2=O)cc1. The Morgan fingerprint density at radius 3 is 2.28 bits per heavy atom. The van der Waals surface area contributed by atoms with Gasteiger partial charge in [-0.05, 0) is 76.2 Å². The van der Waals surface area contributed by atoms with Gasteiger partial charge in [-0.15, -0.1) is 0 Å². The van der Waals surface area contributed by atoms with Gasteiger partial charge >= 0.3 is 0 Å². The lowest BCUT2D eigenvalue weighted by atomic mass is 10.00. The number of likely N-dealkylation sites (N-methyl/N-ethyl adjacent to an activating group) is 1. The molecule has 0 atom stereocenters. The van der Waals surface area contributed by atoms with E-state index in [0.717, 1.165) is 42.8 Å². The fourth-order valence-corrected chi connectivity index (χ4v) is 4.59. The normalized spacial score (nSPS) is 17.9. The number of ether oxygens (including phenoxy) is 1. The Labute approximate surface area is 190 Å². The van der Waals surface area contributed by atoms with E-state index >= 15 is 0 Å². The van der Waals surface area contributed by atoms with Crippen LogP contribution in [-0.2, 0) is 9.59 Å². The Morgan fingerprint density at radius 2 is 1.66 bits per heavy atom. The second-order valence-electron chi connectivity index (χ2n) is 8.56. The molecule has 2 aromatic carbocycles. The number of para-hydroxylation sites is 1. The number of amides is 2. The quantitative estimate of drug-likeness (QED) is 0.650. The number of hydrogen-bond donors (Lipinski definition) is 0. The van der Waals surface area contributed by atoms with Crippen LogP contribution in [0.25, 0.3) is 5.57 Å². The number of benzene rings is 2. The molecule has 2 heterocycles. The molecular weight excluding hydrogens is 402 g/mol. The molecule has 2 aromatic rings. The average Bonchev–Trinajstić information content (AvgIpc) is 3.05. The van der Waals surface area contributed by atoms with Gasteiger partial charge < -0.3 is 14.5 Å². The zero-order valence-electron chi connectivity index (χ0n) is 19.3. The molecule has 2 amide bonds. The fraction of sp³-hybridized carbons (Fsp3) is 0.385. The standard InChI is InChI=1S/C26H31N3O3/c1-5-32-21-12-10-19(11-13-21)23-24(28(4)20-14-16-27(3)17-15-20)26(31)29(25(23)30)22-9-7-6-8-18(22)2/h6-13,20H,5,14-17H2,1-4H3. The van der Waals surface area contributed by atoms with E-state index in [9.17, 15) is 9.59 Å². The maximum atomic E-state index is 13.7. The second-order valence-corrected chi connectivity index (χ2v) is 8.56. The van der Waals surface area contributed by atoms with E-state index in [-0.39, 0.29) is 17.9 Å². The number of likely N-dealkylation sites (tertiary alicyclic amines) is 1. The van der Waals surface area contributed by atoms with Crippen LogP contribution in [-0.4, -0.2) is 61.4 Å². The van der Waals surface area contributed by atoms with E-state index < -0.39 is 0 Å². The summed E-state index contributed by atoms with van der Waals surface area (Å²) in [5, 5.41) is 0. The molecule has 0 N–H and O–H groups in total. The summed E-state index contributed by atoms with van der Waals surface area (Å²) >= 11 is 0. The van der Waals surface area contributed by atoms with Crippen molar-refractivity contribution in [3.05, 3.63) is 65.4 Å². The lowest BCUT2D eigenvalue weighted by molar-refractivity contribution is -0.120. The van der Waals surface area contributed by atoms with Crippen molar-refractivity contribution in [3.8, 4) is 5.75 Å². The van der Waals surface area contributed by atoms with E-state index in [0.29, 0.717) is 23.6 Å². The Balaban J connectivity index is 1.78. The van der Waals surface area contributed by atoms with Crippen molar-refractivity contribution in [3.63, 3.8) is 0 Å². The average molecular weight is 434 g/mol. The van der Waals surface area contributed by atoms with Crippen LogP contribution in [0, 0.1) is 6.92 Å². The third kappa shape index (κ3) is 4.02. The lowest BCUT2D eigenvalue weighted by Gasteiger charge is -2.36. The van der Waals surface area contributed by atoms with Gasteiger partial charge in [0, 0.05) is 13.1 Å². The summed E-state index contributed by atoms with van der Waals surface area (Å²) in [4.78, 5) is 33.1. The molecule has 0 radical (unpaired) electrons. The summed E-state index contributed by atoms with van der Waals surface area (Å²) in [5.74, 6) is 0.215. The van der Waals surface area contributed by atoms with Gasteiger partial charge in [0.1, 0.15) is 11.4 Å². The van der Waals surface area contributed by atoms with Gasteiger partial charge in [0.15, 0.2) is 0 Å². The molecule has 168 valence electrons. The highest BCUT2D eigenvalue weighted by atomic mass is 16.5. The number of imide groups is 1. The van der Waals surface area contributed by atoms with E-state index in [4.69, 9.17) is 4.74 Å². The number of piperidine rings is 1. The van der Waals surface area contributed by atoms with Crippen LogP contribution < -0.4 is 9.64 Å². The van der Waals surface area contributed by atoms with Crippen LogP contribution in [0.5, 0.6) is 5.75 Å². The molecule has 4 rings (SSSR count). The Morgan fingerprint density at radius 1 is 1.00 bits per heavy atom. The minimum atomic E-state index is -0.275. The number of anilines is 1. The van der Waals surface area contributed by atoms with Crippen molar-refractivity contribution >= 4 is 23.1 Å². The predicted molar refractivity (Wildman–Crippen MR) is 126 cm³/mol. The smallest absolute Gasteiger partial charge is 0.282 e. The van der Waals surface area contributed by atoms with E-state index in [1.807, 2.05) is 74.3 Å². The summed E-state index contributed by atoms with van der Waals surface area (Å²) in [6, 6.07) is 15.2. The first kappa shape index (κ1) is 22.1. The van der Waals surface area contributed by atoms with Gasteiger partial charge in [0.2, 0.25) is 0 Å². The molecule has 2 aliphatic heterocycles. The van der Waals surface area contributed by atoms with E-state index in [1.54, 1.807) is 0 Å². The van der Waals surface area contributed by atoms with Gasteiger partial charge in [-0.2, -0.15) is 0 Å². The van der Waals surface area contributed by atoms with Crippen LogP contribution in [0.1, 0.15) is 30.9 Å². The first-order chi connectivity index (χ1) is 15.4. The van der Waals surface area contributed by atoms with Crippen LogP contribution in [0.3, 0.4) is 0 Å². The maximum Gasteiger partial charge on any atom is 0.282 e. The van der Waals surface area contributed by atoms with Crippen LogP contribution in [0.2, 0.25) is 0 Å². The van der Waals surface area contributed by atoms with Crippen molar-refractivity contribution < 1.29 is 14.3 Å². The fourth-order valence-electron chi connectivity index (χ4n) is 4.59. The predicted octanol–water partition coefficient (Wildman–Crippen LogP) is 3.70. The molecule has 6 nitrogen and oxygen atoms in total. The zero-order chi connectivity index (χ0) is 22.8. The van der Waals surface area contributed by atoms with Crippen molar-refractivity contribution in [1.29, 1.82) is 0 Å². The van der Waals surface area contributed by atoms with Gasteiger partial charge in [-0.25, -0.2) is 4.90 Å². The monoisotopic (exact) mass is 433 g/mol. The first-order valence-electron chi connectivity index (χ1n) is 11.3. The van der Waals surface area contributed by atoms with Crippen LogP contribution in [0.4, 0.5) is 5.69 Å². The summed E-state index contributed by atoms with van der Waals surface area (Å²) in [6.07, 6.45) is 1.91. The summed E-state index contributed by atoms with van der Waals surface area (Å²) in [5.41, 5.74) is 3.21. The molecule has 0 spiro atoms. The number of nitrogens with zero attached hydrogens (tertiary/aromatic N) is 3. The minimum absolute atomic E-state index is 0.215. The highest BCUT2D eigenvalue weighted by Gasteiger charge is 2.43. The van der Waals surface area contributed by atoms with E-state index in [1.165, 1.54) is 4.90 Å². The molecule has 0 unspecified atom stereocenters. The van der Waals surface area contributed by atoms with Crippen LogP contribution >= 0.6 is 0 Å². The molecule has 6 heteroatoms. The first-order valence-corrected chi connectivity index (χ1v) is 11.3. The number of carbonyl (C=O) groups is 2. The molecular formula is C26H31N3O3. The van der Waals surface area contributed by atoms with Gasteiger partial charge in [0.25, 0.3) is 11.8 Å². The summed E-state index contributed by atoms with van der Waals surface area (Å²) in [7, 11) is 4.07. The highest BCUT2D eigenvalue weighted by Crippen LogP contribution is 2.37. The van der Waals surface area contributed by atoms with Gasteiger partial charge in [-0.3, -0.25) is 9.59 Å². The van der Waals surface area contributed by atoms with Gasteiger partial charge in [-0.1, -0.05) is 30.3 Å². The third-order valence-corrected chi connectivity index (χ3v) is 6.46.